The van der Waals surface area contributed by atoms with Crippen LogP contribution in [0.25, 0.3) is 0 Å². The highest BCUT2D eigenvalue weighted by Gasteiger charge is 2.01. The maximum Gasteiger partial charge on any atom is 0.333 e. The van der Waals surface area contributed by atoms with E-state index in [4.69, 9.17) is 0 Å². The van der Waals surface area contributed by atoms with Gasteiger partial charge in [0.05, 0.1) is 7.11 Å². The van der Waals surface area contributed by atoms with Crippen molar-refractivity contribution in [2.75, 3.05) is 7.11 Å². The van der Waals surface area contributed by atoms with Gasteiger partial charge >= 0.3 is 5.97 Å². The zero-order chi connectivity index (χ0) is 8.15. The van der Waals surface area contributed by atoms with Crippen LogP contribution in [0.4, 0.5) is 0 Å². The second kappa shape index (κ2) is 4.28. The molecule has 0 saturated carbocycles. The van der Waals surface area contributed by atoms with Gasteiger partial charge in [-0.3, -0.25) is 0 Å². The summed E-state index contributed by atoms with van der Waals surface area (Å²) in [6.45, 7) is 5.21. The van der Waals surface area contributed by atoms with E-state index in [0.717, 1.165) is 0 Å². The van der Waals surface area contributed by atoms with Crippen molar-refractivity contribution >= 4 is 21.9 Å². The number of rotatable bonds is 2. The van der Waals surface area contributed by atoms with Crippen LogP contribution in [-0.4, -0.2) is 13.1 Å². The molecular formula is C7H9BrO2. The minimum atomic E-state index is -0.333. The first-order valence-electron chi connectivity index (χ1n) is 2.69. The van der Waals surface area contributed by atoms with Gasteiger partial charge in [0.15, 0.2) is 0 Å². The van der Waals surface area contributed by atoms with Gasteiger partial charge in [-0.2, -0.15) is 0 Å². The smallest absolute Gasteiger partial charge is 0.333 e. The van der Waals surface area contributed by atoms with Gasteiger partial charge in [-0.1, -0.05) is 22.5 Å². The minimum Gasteiger partial charge on any atom is -0.466 e. The molecule has 0 aliphatic rings. The molecule has 10 heavy (non-hydrogen) atoms. The Morgan fingerprint density at radius 2 is 2.20 bits per heavy atom. The van der Waals surface area contributed by atoms with Crippen LogP contribution in [0.3, 0.4) is 0 Å². The number of hydrogen-bond acceptors (Lipinski definition) is 2. The van der Waals surface area contributed by atoms with Crippen molar-refractivity contribution in [2.45, 2.75) is 6.92 Å². The van der Waals surface area contributed by atoms with Crippen LogP contribution in [0.1, 0.15) is 6.92 Å². The fourth-order valence-electron chi connectivity index (χ4n) is 0.455. The lowest BCUT2D eigenvalue weighted by molar-refractivity contribution is -0.136. The minimum absolute atomic E-state index is 0.333. The first-order chi connectivity index (χ1) is 4.57. The normalized spacial score (nSPS) is 10.9. The Kier molecular flexibility index (Phi) is 4.03. The molecule has 0 rings (SSSR count). The second-order valence-electron chi connectivity index (χ2n) is 1.77. The summed E-state index contributed by atoms with van der Waals surface area (Å²) in [6, 6.07) is 0. The number of halogens is 1. The lowest BCUT2D eigenvalue weighted by atomic mass is 10.3. The van der Waals surface area contributed by atoms with Gasteiger partial charge in [0.2, 0.25) is 0 Å². The first kappa shape index (κ1) is 9.43. The Hall–Kier alpha value is -0.570. The highest BCUT2D eigenvalue weighted by Crippen LogP contribution is 2.07. The van der Waals surface area contributed by atoms with Crippen molar-refractivity contribution < 1.29 is 9.53 Å². The van der Waals surface area contributed by atoms with E-state index in [-0.39, 0.29) is 5.97 Å². The molecule has 0 radical (unpaired) electrons. The van der Waals surface area contributed by atoms with E-state index < -0.39 is 0 Å². The van der Waals surface area contributed by atoms with Crippen molar-refractivity contribution in [1.29, 1.82) is 0 Å². The van der Waals surface area contributed by atoms with Gasteiger partial charge in [0, 0.05) is 10.1 Å². The summed E-state index contributed by atoms with van der Waals surface area (Å²) in [5.74, 6) is -0.333. The Morgan fingerprint density at radius 1 is 1.70 bits per heavy atom. The summed E-state index contributed by atoms with van der Waals surface area (Å²) >= 11 is 3.09. The topological polar surface area (TPSA) is 26.3 Å². The van der Waals surface area contributed by atoms with E-state index in [1.54, 1.807) is 13.0 Å². The van der Waals surface area contributed by atoms with E-state index in [1.165, 1.54) is 7.11 Å². The molecular weight excluding hydrogens is 196 g/mol. The standard InChI is InChI=1S/C7H9BrO2/c1-5(4-6(2)8)7(9)10-3/h4H,2H2,1,3H3/b5-4+. The van der Waals surface area contributed by atoms with Gasteiger partial charge in [-0.25, -0.2) is 4.79 Å². The van der Waals surface area contributed by atoms with Crippen molar-refractivity contribution in [3.63, 3.8) is 0 Å². The molecule has 56 valence electrons. The molecule has 0 aromatic heterocycles. The summed E-state index contributed by atoms with van der Waals surface area (Å²) in [7, 11) is 1.34. The second-order valence-corrected chi connectivity index (χ2v) is 2.78. The van der Waals surface area contributed by atoms with E-state index in [2.05, 4.69) is 27.2 Å². The predicted octanol–water partition coefficient (Wildman–Crippen LogP) is 2.01. The SMILES string of the molecule is C=C(Br)/C=C(\C)C(=O)OC. The molecule has 3 heteroatoms. The molecule has 0 amide bonds. The van der Waals surface area contributed by atoms with Crippen LogP contribution < -0.4 is 0 Å². The fourth-order valence-corrected chi connectivity index (χ4v) is 0.798. The predicted molar refractivity (Wildman–Crippen MR) is 43.8 cm³/mol. The quantitative estimate of drug-likeness (QED) is 0.391. The maximum atomic E-state index is 10.7. The molecule has 2 nitrogen and oxygen atoms in total. The molecule has 0 N–H and O–H groups in total. The van der Waals surface area contributed by atoms with Crippen LogP contribution in [0.2, 0.25) is 0 Å². The number of allylic oxidation sites excluding steroid dienone is 2. The molecule has 0 aliphatic carbocycles. The zero-order valence-corrected chi connectivity index (χ0v) is 7.56. The van der Waals surface area contributed by atoms with Gasteiger partial charge in [0.25, 0.3) is 0 Å². The van der Waals surface area contributed by atoms with Crippen molar-refractivity contribution in [3.05, 3.63) is 22.7 Å². The number of carbonyl (C=O) groups excluding carboxylic acids is 1. The molecule has 0 aromatic rings. The third kappa shape index (κ3) is 3.45. The lowest BCUT2D eigenvalue weighted by Crippen LogP contribution is -2.00. The third-order valence-electron chi connectivity index (χ3n) is 0.880. The van der Waals surface area contributed by atoms with Crippen LogP contribution >= 0.6 is 15.9 Å². The Morgan fingerprint density at radius 3 is 2.50 bits per heavy atom. The Bertz CT molecular complexity index is 182. The van der Waals surface area contributed by atoms with E-state index in [9.17, 15) is 4.79 Å². The number of hydrogen-bond donors (Lipinski definition) is 0. The molecule has 0 heterocycles. The average molecular weight is 205 g/mol. The van der Waals surface area contributed by atoms with Crippen LogP contribution in [0.5, 0.6) is 0 Å². The summed E-state index contributed by atoms with van der Waals surface area (Å²) in [6.07, 6.45) is 1.60. The molecule has 0 aromatic carbocycles. The Balaban J connectivity index is 4.19. The summed E-state index contributed by atoms with van der Waals surface area (Å²) in [5, 5.41) is 0. The molecule has 0 atom stereocenters. The fraction of sp³-hybridized carbons (Fsp3) is 0.286. The van der Waals surface area contributed by atoms with Gasteiger partial charge < -0.3 is 4.74 Å². The maximum absolute atomic E-state index is 10.7. The highest BCUT2D eigenvalue weighted by molar-refractivity contribution is 9.11. The monoisotopic (exact) mass is 204 g/mol. The molecule has 0 fully saturated rings. The summed E-state index contributed by atoms with van der Waals surface area (Å²) in [4.78, 5) is 10.7. The third-order valence-corrected chi connectivity index (χ3v) is 1.11. The zero-order valence-electron chi connectivity index (χ0n) is 5.98. The van der Waals surface area contributed by atoms with Gasteiger partial charge in [-0.15, -0.1) is 0 Å². The number of ether oxygens (including phenoxy) is 1. The molecule has 0 bridgehead atoms. The van der Waals surface area contributed by atoms with Crippen LogP contribution in [0, 0.1) is 0 Å². The molecule has 0 spiro atoms. The van der Waals surface area contributed by atoms with Crippen LogP contribution in [0.15, 0.2) is 22.7 Å². The first-order valence-corrected chi connectivity index (χ1v) is 3.48. The van der Waals surface area contributed by atoms with Crippen molar-refractivity contribution in [1.82, 2.24) is 0 Å². The summed E-state index contributed by atoms with van der Waals surface area (Å²) < 4.78 is 5.11. The lowest BCUT2D eigenvalue weighted by Gasteiger charge is -1.96. The number of esters is 1. The van der Waals surface area contributed by atoms with E-state index >= 15 is 0 Å². The van der Waals surface area contributed by atoms with E-state index in [1.807, 2.05) is 0 Å². The van der Waals surface area contributed by atoms with Gasteiger partial charge in [-0.05, 0) is 13.0 Å². The molecule has 0 saturated heterocycles. The average Bonchev–Trinajstić information content (AvgIpc) is 1.85. The summed E-state index contributed by atoms with van der Waals surface area (Å²) in [5.41, 5.74) is 0.532. The Labute approximate surface area is 68.7 Å². The van der Waals surface area contributed by atoms with Crippen molar-refractivity contribution in [3.8, 4) is 0 Å². The van der Waals surface area contributed by atoms with Crippen LogP contribution in [-0.2, 0) is 9.53 Å². The number of carbonyl (C=O) groups is 1. The highest BCUT2D eigenvalue weighted by atomic mass is 79.9. The van der Waals surface area contributed by atoms with E-state index in [0.29, 0.717) is 10.1 Å². The molecule has 0 aliphatic heterocycles. The van der Waals surface area contributed by atoms with Gasteiger partial charge in [0.1, 0.15) is 0 Å². The largest absolute Gasteiger partial charge is 0.466 e. The number of methoxy groups -OCH3 is 1. The van der Waals surface area contributed by atoms with Crippen molar-refractivity contribution in [2.24, 2.45) is 0 Å². The molecule has 0 unspecified atom stereocenters.